The number of halogens is 1. The van der Waals surface area contributed by atoms with E-state index in [9.17, 15) is 13.2 Å². The zero-order valence-electron chi connectivity index (χ0n) is 19.8. The molecule has 1 aliphatic rings. The van der Waals surface area contributed by atoms with Gasteiger partial charge in [0.1, 0.15) is 6.61 Å². The first kappa shape index (κ1) is 26.5. The van der Waals surface area contributed by atoms with Gasteiger partial charge < -0.3 is 9.47 Å². The number of nitrogens with zero attached hydrogens (tertiary/aromatic N) is 2. The van der Waals surface area contributed by atoms with Gasteiger partial charge in [0, 0.05) is 17.1 Å². The van der Waals surface area contributed by atoms with Gasteiger partial charge in [-0.15, -0.1) is 11.0 Å². The maximum atomic E-state index is 13.1. The average molecular weight is 555 g/mol. The number of carbonyl (C=O) groups excluding carboxylic acids is 1. The van der Waals surface area contributed by atoms with E-state index in [0.717, 1.165) is 17.3 Å². The maximum Gasteiger partial charge on any atom is 0.284 e. The van der Waals surface area contributed by atoms with Crippen LogP contribution in [0, 0.1) is 0 Å². The molecule has 0 aliphatic carbocycles. The molecule has 3 aromatic rings. The molecule has 0 N–H and O–H groups in total. The topological polar surface area (TPSA) is 85.3 Å². The van der Waals surface area contributed by atoms with Crippen LogP contribution >= 0.6 is 23.4 Å². The number of thioether (sulfide) groups is 1. The lowest BCUT2D eigenvalue weighted by Crippen LogP contribution is -2.29. The molecule has 0 radical (unpaired) electrons. The van der Waals surface area contributed by atoms with Crippen molar-refractivity contribution < 1.29 is 22.7 Å². The molecule has 1 fully saturated rings. The Morgan fingerprint density at radius 1 is 1.05 bits per heavy atom. The van der Waals surface area contributed by atoms with Gasteiger partial charge in [0.05, 0.1) is 16.9 Å². The van der Waals surface area contributed by atoms with Crippen LogP contribution in [-0.4, -0.2) is 38.0 Å². The van der Waals surface area contributed by atoms with E-state index in [-0.39, 0.29) is 29.1 Å². The smallest absolute Gasteiger partial charge is 0.284 e. The van der Waals surface area contributed by atoms with E-state index in [2.05, 4.69) is 11.0 Å². The van der Waals surface area contributed by atoms with Crippen LogP contribution in [0.25, 0.3) is 6.08 Å². The van der Waals surface area contributed by atoms with Crippen molar-refractivity contribution in [2.24, 2.45) is 4.40 Å². The lowest BCUT2D eigenvalue weighted by Gasteiger charge is -2.13. The van der Waals surface area contributed by atoms with Crippen molar-refractivity contribution in [2.75, 3.05) is 13.7 Å². The molecule has 0 unspecified atom stereocenters. The Bertz CT molecular complexity index is 1490. The highest BCUT2D eigenvalue weighted by Crippen LogP contribution is 2.36. The predicted molar refractivity (Wildman–Crippen MR) is 147 cm³/mol. The van der Waals surface area contributed by atoms with E-state index in [4.69, 9.17) is 21.1 Å². The second-order valence-corrected chi connectivity index (χ2v) is 10.8. The third-order valence-corrected chi connectivity index (χ3v) is 8.04. The van der Waals surface area contributed by atoms with Gasteiger partial charge in [-0.2, -0.15) is 8.42 Å². The minimum absolute atomic E-state index is 0.0435. The molecule has 7 nitrogen and oxygen atoms in total. The van der Waals surface area contributed by atoms with Gasteiger partial charge in [-0.25, -0.2) is 0 Å². The van der Waals surface area contributed by atoms with Crippen LogP contribution in [0.2, 0.25) is 5.02 Å². The minimum Gasteiger partial charge on any atom is -0.493 e. The molecule has 1 aliphatic heterocycles. The van der Waals surface area contributed by atoms with Gasteiger partial charge >= 0.3 is 0 Å². The maximum absolute atomic E-state index is 13.1. The van der Waals surface area contributed by atoms with Crippen molar-refractivity contribution in [3.05, 3.63) is 107 Å². The van der Waals surface area contributed by atoms with Crippen molar-refractivity contribution in [1.82, 2.24) is 4.90 Å². The van der Waals surface area contributed by atoms with Crippen molar-refractivity contribution in [2.45, 2.75) is 11.5 Å². The molecule has 0 atom stereocenters. The Hall–Kier alpha value is -3.53. The minimum atomic E-state index is -4.00. The Balaban J connectivity index is 1.63. The molecule has 0 saturated carbocycles. The van der Waals surface area contributed by atoms with Gasteiger partial charge in [0.15, 0.2) is 16.7 Å². The number of amides is 1. The summed E-state index contributed by atoms with van der Waals surface area (Å²) >= 11 is 7.22. The zero-order valence-corrected chi connectivity index (χ0v) is 22.2. The highest BCUT2D eigenvalue weighted by atomic mass is 35.5. The Morgan fingerprint density at radius 2 is 1.78 bits per heavy atom. The van der Waals surface area contributed by atoms with Gasteiger partial charge in [-0.3, -0.25) is 9.69 Å². The summed E-state index contributed by atoms with van der Waals surface area (Å²) in [5.74, 6) is 0.612. The SMILES string of the molecule is C=CCN1C(=O)/C(=C/c2ccc(OC)c(OCc3ccccc3Cl)c2)SC1=NS(=O)(=O)c1ccccc1. The number of amidine groups is 1. The number of benzene rings is 3. The number of rotatable bonds is 9. The number of hydrogen-bond donors (Lipinski definition) is 0. The fourth-order valence-electron chi connectivity index (χ4n) is 3.43. The standard InChI is InChI=1S/C27H23ClN2O5S2/c1-3-15-30-26(31)25(36-27(30)29-37(32,33)21-10-5-4-6-11-21)17-19-13-14-23(34-2)24(16-19)35-18-20-9-7-8-12-22(20)28/h3-14,16-17H,1,15,18H2,2H3/b25-17-,29-27?. The summed E-state index contributed by atoms with van der Waals surface area (Å²) in [6.07, 6.45) is 3.17. The largest absolute Gasteiger partial charge is 0.493 e. The zero-order chi connectivity index (χ0) is 26.4. The van der Waals surface area contributed by atoms with Crippen LogP contribution in [0.1, 0.15) is 11.1 Å². The Kier molecular flexibility index (Phi) is 8.38. The van der Waals surface area contributed by atoms with Crippen LogP contribution < -0.4 is 9.47 Å². The van der Waals surface area contributed by atoms with Crippen LogP contribution in [0.4, 0.5) is 0 Å². The Labute approximate surface area is 225 Å². The van der Waals surface area contributed by atoms with E-state index in [1.807, 2.05) is 18.2 Å². The highest BCUT2D eigenvalue weighted by molar-refractivity contribution is 8.19. The number of ether oxygens (including phenoxy) is 2. The van der Waals surface area contributed by atoms with Crippen LogP contribution in [0.3, 0.4) is 0 Å². The van der Waals surface area contributed by atoms with Crippen molar-refractivity contribution in [1.29, 1.82) is 0 Å². The van der Waals surface area contributed by atoms with E-state index in [0.29, 0.717) is 27.0 Å². The predicted octanol–water partition coefficient (Wildman–Crippen LogP) is 5.77. The lowest BCUT2D eigenvalue weighted by atomic mass is 10.1. The van der Waals surface area contributed by atoms with Gasteiger partial charge in [0.2, 0.25) is 0 Å². The molecular formula is C27H23ClN2O5S2. The number of hydrogen-bond acceptors (Lipinski definition) is 6. The van der Waals surface area contributed by atoms with Gasteiger partial charge in [-0.05, 0) is 53.7 Å². The molecule has 4 rings (SSSR count). The summed E-state index contributed by atoms with van der Waals surface area (Å²) in [6.45, 7) is 4.01. The molecule has 190 valence electrons. The molecule has 3 aromatic carbocycles. The summed E-state index contributed by atoms with van der Waals surface area (Å²) < 4.78 is 41.0. The van der Waals surface area contributed by atoms with E-state index >= 15 is 0 Å². The average Bonchev–Trinajstić information content (AvgIpc) is 3.17. The van der Waals surface area contributed by atoms with Crippen LogP contribution in [-0.2, 0) is 21.4 Å². The molecule has 37 heavy (non-hydrogen) atoms. The first-order chi connectivity index (χ1) is 17.8. The molecular weight excluding hydrogens is 532 g/mol. The van der Waals surface area contributed by atoms with Crippen LogP contribution in [0.15, 0.2) is 99.6 Å². The van der Waals surface area contributed by atoms with Crippen LogP contribution in [0.5, 0.6) is 11.5 Å². The summed E-state index contributed by atoms with van der Waals surface area (Å²) in [6, 6.07) is 20.5. The molecule has 1 amide bonds. The molecule has 1 saturated heterocycles. The number of sulfonamides is 1. The van der Waals surface area contributed by atoms with Crippen molar-refractivity contribution >= 4 is 50.5 Å². The fraction of sp³-hybridized carbons (Fsp3) is 0.111. The molecule has 0 bridgehead atoms. The molecule has 0 spiro atoms. The quantitative estimate of drug-likeness (QED) is 0.246. The lowest BCUT2D eigenvalue weighted by molar-refractivity contribution is -0.121. The fourth-order valence-corrected chi connectivity index (χ4v) is 5.83. The van der Waals surface area contributed by atoms with Gasteiger partial charge in [-0.1, -0.05) is 60.1 Å². The second-order valence-electron chi connectivity index (χ2n) is 7.77. The van der Waals surface area contributed by atoms with E-state index < -0.39 is 10.0 Å². The molecule has 10 heteroatoms. The first-order valence-corrected chi connectivity index (χ1v) is 13.7. The third kappa shape index (κ3) is 6.25. The Morgan fingerprint density at radius 3 is 2.49 bits per heavy atom. The van der Waals surface area contributed by atoms with Crippen molar-refractivity contribution in [3.8, 4) is 11.5 Å². The monoisotopic (exact) mass is 554 g/mol. The second kappa shape index (κ2) is 11.7. The van der Waals surface area contributed by atoms with E-state index in [1.54, 1.807) is 48.5 Å². The third-order valence-electron chi connectivity index (χ3n) is 5.27. The molecule has 1 heterocycles. The number of carbonyl (C=O) groups is 1. The molecule has 0 aromatic heterocycles. The first-order valence-electron chi connectivity index (χ1n) is 11.1. The summed E-state index contributed by atoms with van der Waals surface area (Å²) in [7, 11) is -2.47. The summed E-state index contributed by atoms with van der Waals surface area (Å²) in [5.41, 5.74) is 1.48. The van der Waals surface area contributed by atoms with Crippen molar-refractivity contribution in [3.63, 3.8) is 0 Å². The highest BCUT2D eigenvalue weighted by Gasteiger charge is 2.34. The summed E-state index contributed by atoms with van der Waals surface area (Å²) in [5, 5.41) is 0.649. The summed E-state index contributed by atoms with van der Waals surface area (Å²) in [4.78, 5) is 14.8. The van der Waals surface area contributed by atoms with Gasteiger partial charge in [0.25, 0.3) is 15.9 Å². The number of methoxy groups -OCH3 is 1. The normalized spacial score (nSPS) is 15.8. The van der Waals surface area contributed by atoms with E-state index in [1.165, 1.54) is 30.2 Å².